The highest BCUT2D eigenvalue weighted by Gasteiger charge is 2.63. The Labute approximate surface area is 220 Å². The van der Waals surface area contributed by atoms with Gasteiger partial charge in [-0.1, -0.05) is 20.8 Å². The molecule has 0 spiro atoms. The first-order chi connectivity index (χ1) is 16.3. The van der Waals surface area contributed by atoms with Crippen molar-refractivity contribution in [3.63, 3.8) is 0 Å². The van der Waals surface area contributed by atoms with E-state index in [-0.39, 0.29) is 30.3 Å². The lowest BCUT2D eigenvalue weighted by Crippen LogP contribution is -3.00. The van der Waals surface area contributed by atoms with E-state index in [4.69, 9.17) is 5.73 Å². The summed E-state index contributed by atoms with van der Waals surface area (Å²) in [7, 11) is 0. The third-order valence-electron chi connectivity index (χ3n) is 11.5. The van der Waals surface area contributed by atoms with Crippen molar-refractivity contribution in [3.05, 3.63) is 0 Å². The summed E-state index contributed by atoms with van der Waals surface area (Å²) in [6, 6.07) is 0.564. The molecule has 35 heavy (non-hydrogen) atoms. The Morgan fingerprint density at radius 3 is 2.40 bits per heavy atom. The molecule has 4 aliphatic rings. The molecule has 4 rings (SSSR count). The zero-order valence-electron chi connectivity index (χ0n) is 22.7. The average Bonchev–Trinajstić information content (AvgIpc) is 3.18. The smallest absolute Gasteiger partial charge is 0.104 e. The van der Waals surface area contributed by atoms with Gasteiger partial charge in [-0.2, -0.15) is 0 Å². The fourth-order valence-electron chi connectivity index (χ4n) is 9.50. The van der Waals surface area contributed by atoms with Crippen LogP contribution in [0.5, 0.6) is 0 Å². The number of aliphatic hydroxyl groups is 1. The predicted molar refractivity (Wildman–Crippen MR) is 139 cm³/mol. The highest BCUT2D eigenvalue weighted by atomic mass is 35.5. The minimum atomic E-state index is -0.632. The molecule has 5 N–H and O–H groups in total. The Morgan fingerprint density at radius 1 is 0.943 bits per heavy atom. The van der Waals surface area contributed by atoms with E-state index >= 15 is 4.39 Å². The quantitative estimate of drug-likeness (QED) is 0.318. The van der Waals surface area contributed by atoms with Gasteiger partial charge < -0.3 is 33.9 Å². The van der Waals surface area contributed by atoms with Crippen molar-refractivity contribution in [3.8, 4) is 0 Å². The Bertz CT molecular complexity index is 655. The largest absolute Gasteiger partial charge is 1.00 e. The van der Waals surface area contributed by atoms with E-state index in [0.717, 1.165) is 51.9 Å². The lowest BCUT2D eigenvalue weighted by Gasteiger charge is -2.62. The second kappa shape index (κ2) is 12.7. The highest BCUT2D eigenvalue weighted by Crippen LogP contribution is 2.68. The molecule has 4 saturated carbocycles. The molecule has 0 heterocycles. The number of hydrogen-bond acceptors (Lipinski definition) is 4. The molecule has 0 aromatic rings. The van der Waals surface area contributed by atoms with Crippen LogP contribution in [-0.4, -0.2) is 50.1 Å². The van der Waals surface area contributed by atoms with E-state index in [1.165, 1.54) is 44.9 Å². The molecule has 0 bridgehead atoms. The lowest BCUT2D eigenvalue weighted by molar-refractivity contribution is -0.149. The van der Waals surface area contributed by atoms with E-state index in [1.807, 2.05) is 0 Å². The Morgan fingerprint density at radius 2 is 1.66 bits per heavy atom. The number of alkyl halides is 1. The summed E-state index contributed by atoms with van der Waals surface area (Å²) >= 11 is 0. The van der Waals surface area contributed by atoms with Crippen molar-refractivity contribution < 1.29 is 21.9 Å². The number of aliphatic hydroxyl groups excluding tert-OH is 1. The number of fused-ring (bicyclic) bond motifs is 5. The summed E-state index contributed by atoms with van der Waals surface area (Å²) < 4.78 is 16.0. The van der Waals surface area contributed by atoms with Crippen LogP contribution in [0.25, 0.3) is 0 Å². The number of unbranched alkanes of at least 4 members (excludes halogenated alkanes) is 1. The molecule has 10 atom stereocenters. The molecule has 6 unspecified atom stereocenters. The second-order valence-electron chi connectivity index (χ2n) is 13.2. The lowest BCUT2D eigenvalue weighted by atomic mass is 9.44. The summed E-state index contributed by atoms with van der Waals surface area (Å²) in [6.07, 6.45) is 12.1. The van der Waals surface area contributed by atoms with Gasteiger partial charge >= 0.3 is 0 Å². The minimum absolute atomic E-state index is 0. The van der Waals surface area contributed by atoms with Gasteiger partial charge in [-0.15, -0.1) is 0 Å². The summed E-state index contributed by atoms with van der Waals surface area (Å²) in [5.41, 5.74) is 6.10. The average molecular weight is 515 g/mol. The molecule has 0 aromatic carbocycles. The molecular formula is C29H54ClFN3O-. The third kappa shape index (κ3) is 5.90. The molecule has 4 aliphatic carbocycles. The van der Waals surface area contributed by atoms with Crippen LogP contribution < -0.4 is 28.8 Å². The molecule has 0 aliphatic heterocycles. The first-order valence-electron chi connectivity index (χ1n) is 14.7. The van der Waals surface area contributed by atoms with Gasteiger partial charge in [-0.25, -0.2) is 4.39 Å². The maximum Gasteiger partial charge on any atom is 0.104 e. The number of rotatable bonds is 11. The van der Waals surface area contributed by atoms with Crippen molar-refractivity contribution in [1.82, 2.24) is 10.6 Å². The van der Waals surface area contributed by atoms with Crippen molar-refractivity contribution >= 4 is 0 Å². The van der Waals surface area contributed by atoms with Gasteiger partial charge in [0.25, 0.3) is 0 Å². The Balaban J connectivity index is 0.00000342. The fourth-order valence-corrected chi connectivity index (χ4v) is 9.50. The summed E-state index contributed by atoms with van der Waals surface area (Å²) in [5, 5.41) is 17.2. The zero-order valence-corrected chi connectivity index (χ0v) is 23.5. The van der Waals surface area contributed by atoms with Crippen LogP contribution in [0.4, 0.5) is 4.39 Å². The normalized spacial score (nSPS) is 43.5. The van der Waals surface area contributed by atoms with Crippen molar-refractivity contribution in [2.24, 2.45) is 52.1 Å². The standard InChI is InChI=1S/C29H54FN3O.ClH/c1-20(19-34)23-7-8-24-27-25(10-12-29(23,24)3)28(2)11-9-22(17-21(28)18-26(27)30)33-16-6-15-32-14-5-4-13-31;/h20-27,32-34H,4-19,31H2,1-3H3;1H/p-1/t20-,21-,22?,23?,24?,25?,26?,27?,28+,29-;/m1./s1. The molecule has 0 aromatic heterocycles. The van der Waals surface area contributed by atoms with Gasteiger partial charge in [-0.05, 0) is 143 Å². The predicted octanol–water partition coefficient (Wildman–Crippen LogP) is 1.90. The van der Waals surface area contributed by atoms with E-state index in [1.54, 1.807) is 0 Å². The van der Waals surface area contributed by atoms with Crippen LogP contribution in [0.3, 0.4) is 0 Å². The summed E-state index contributed by atoms with van der Waals surface area (Å²) in [4.78, 5) is 0. The van der Waals surface area contributed by atoms with Gasteiger partial charge in [-0.3, -0.25) is 0 Å². The zero-order chi connectivity index (χ0) is 24.3. The van der Waals surface area contributed by atoms with E-state index < -0.39 is 6.17 Å². The number of nitrogens with one attached hydrogen (secondary N) is 2. The van der Waals surface area contributed by atoms with Crippen LogP contribution >= 0.6 is 0 Å². The van der Waals surface area contributed by atoms with Gasteiger partial charge in [0.15, 0.2) is 0 Å². The maximum absolute atomic E-state index is 16.0. The van der Waals surface area contributed by atoms with Crippen LogP contribution in [0.2, 0.25) is 0 Å². The van der Waals surface area contributed by atoms with Gasteiger partial charge in [0, 0.05) is 12.6 Å². The molecule has 0 amide bonds. The van der Waals surface area contributed by atoms with Crippen molar-refractivity contribution in [2.45, 2.75) is 104 Å². The number of nitrogens with two attached hydrogens (primary N) is 1. The van der Waals surface area contributed by atoms with Crippen molar-refractivity contribution in [1.29, 1.82) is 0 Å². The number of hydrogen-bond donors (Lipinski definition) is 4. The molecule has 206 valence electrons. The topological polar surface area (TPSA) is 70.3 Å². The minimum Gasteiger partial charge on any atom is -1.00 e. The molecule has 4 fully saturated rings. The van der Waals surface area contributed by atoms with Crippen LogP contribution in [0, 0.1) is 46.3 Å². The highest BCUT2D eigenvalue weighted by molar-refractivity contribution is 5.12. The van der Waals surface area contributed by atoms with E-state index in [0.29, 0.717) is 41.0 Å². The first-order valence-corrected chi connectivity index (χ1v) is 14.7. The molecule has 4 nitrogen and oxygen atoms in total. The third-order valence-corrected chi connectivity index (χ3v) is 11.5. The Hall–Kier alpha value is 0.0600. The van der Waals surface area contributed by atoms with Gasteiger partial charge in [0.05, 0.1) is 0 Å². The van der Waals surface area contributed by atoms with Crippen molar-refractivity contribution in [2.75, 3.05) is 32.8 Å². The molecule has 0 saturated heterocycles. The monoisotopic (exact) mass is 514 g/mol. The fraction of sp³-hybridized carbons (Fsp3) is 1.00. The SMILES string of the molecule is C[C@H](CO)C1CCC2C3C(F)C[C@H]4CC(NCCCNCCCCN)CC[C@]4(C)C3CC[C@@]21C.[Cl-]. The van der Waals surface area contributed by atoms with Gasteiger partial charge in [0.1, 0.15) is 6.17 Å². The molecule has 6 heteroatoms. The van der Waals surface area contributed by atoms with Gasteiger partial charge in [0.2, 0.25) is 0 Å². The molecule has 0 radical (unpaired) electrons. The Kier molecular flexibility index (Phi) is 10.8. The van der Waals surface area contributed by atoms with Crippen LogP contribution in [0.15, 0.2) is 0 Å². The molecular weight excluding hydrogens is 461 g/mol. The first kappa shape index (κ1) is 29.6. The number of halogens is 2. The van der Waals surface area contributed by atoms with Crippen LogP contribution in [0.1, 0.15) is 91.4 Å². The van der Waals surface area contributed by atoms with E-state index in [2.05, 4.69) is 31.4 Å². The van der Waals surface area contributed by atoms with Crippen LogP contribution in [-0.2, 0) is 0 Å². The summed E-state index contributed by atoms with van der Waals surface area (Å²) in [5.74, 6) is 2.77. The second-order valence-corrected chi connectivity index (χ2v) is 13.2. The van der Waals surface area contributed by atoms with E-state index in [9.17, 15) is 5.11 Å². The maximum atomic E-state index is 16.0. The summed E-state index contributed by atoms with van der Waals surface area (Å²) in [6.45, 7) is 11.5.